The van der Waals surface area contributed by atoms with E-state index in [4.69, 9.17) is 9.47 Å². The lowest BCUT2D eigenvalue weighted by atomic mass is 9.99. The minimum atomic E-state index is -1.59. The second-order valence-electron chi connectivity index (χ2n) is 17.2. The molecule has 0 radical (unpaired) electrons. The molecule has 1 fully saturated rings. The van der Waals surface area contributed by atoms with Gasteiger partial charge in [0.15, 0.2) is 6.29 Å². The van der Waals surface area contributed by atoms with Gasteiger partial charge in [0.2, 0.25) is 5.91 Å². The molecule has 1 aliphatic heterocycles. The minimum absolute atomic E-state index is 0.230. The minimum Gasteiger partial charge on any atom is -0.394 e. The molecular weight excluding hydrogens is 851 g/mol. The van der Waals surface area contributed by atoms with Crippen molar-refractivity contribution in [3.63, 3.8) is 0 Å². The molecule has 6 N–H and O–H groups in total. The first-order valence-electron chi connectivity index (χ1n) is 26.1. The maximum atomic E-state index is 13.0. The second-order valence-corrected chi connectivity index (χ2v) is 17.2. The molecular formula is C59H93NO8. The Morgan fingerprint density at radius 3 is 1.38 bits per heavy atom. The van der Waals surface area contributed by atoms with Gasteiger partial charge in [-0.3, -0.25) is 4.79 Å². The van der Waals surface area contributed by atoms with Gasteiger partial charge in [0.1, 0.15) is 24.4 Å². The van der Waals surface area contributed by atoms with E-state index in [0.717, 1.165) is 103 Å². The van der Waals surface area contributed by atoms with E-state index in [1.54, 1.807) is 6.08 Å². The Balaban J connectivity index is 2.32. The first-order valence-corrected chi connectivity index (χ1v) is 26.1. The van der Waals surface area contributed by atoms with Crippen molar-refractivity contribution in [3.8, 4) is 0 Å². The summed E-state index contributed by atoms with van der Waals surface area (Å²) in [7, 11) is 0. The molecule has 1 saturated heterocycles. The van der Waals surface area contributed by atoms with Crippen molar-refractivity contribution in [3.05, 3.63) is 146 Å². The van der Waals surface area contributed by atoms with Crippen LogP contribution >= 0.6 is 0 Å². The number of hydrogen-bond acceptors (Lipinski definition) is 8. The van der Waals surface area contributed by atoms with Crippen molar-refractivity contribution >= 4 is 5.91 Å². The predicted octanol–water partition coefficient (Wildman–Crippen LogP) is 12.3. The Morgan fingerprint density at radius 2 is 0.926 bits per heavy atom. The number of nitrogens with one attached hydrogen (secondary N) is 1. The summed E-state index contributed by atoms with van der Waals surface area (Å²) in [5.41, 5.74) is 0. The molecule has 7 atom stereocenters. The number of unbranched alkanes of at least 4 members (excludes halogenated alkanes) is 9. The summed E-state index contributed by atoms with van der Waals surface area (Å²) in [6.07, 6.45) is 66.1. The zero-order chi connectivity index (χ0) is 49.4. The van der Waals surface area contributed by atoms with E-state index in [9.17, 15) is 30.3 Å². The Bertz CT molecular complexity index is 1560. The third-order valence-electron chi connectivity index (χ3n) is 11.1. The molecule has 1 aliphatic rings. The van der Waals surface area contributed by atoms with E-state index >= 15 is 0 Å². The number of aliphatic hydroxyl groups excluding tert-OH is 5. The van der Waals surface area contributed by atoms with Crippen LogP contribution in [0.1, 0.15) is 162 Å². The average molecular weight is 944 g/mol. The van der Waals surface area contributed by atoms with Gasteiger partial charge in [-0.25, -0.2) is 0 Å². The smallest absolute Gasteiger partial charge is 0.220 e. The van der Waals surface area contributed by atoms with Crippen LogP contribution in [0.25, 0.3) is 0 Å². The van der Waals surface area contributed by atoms with Crippen LogP contribution in [0.4, 0.5) is 0 Å². The molecule has 0 aliphatic carbocycles. The highest BCUT2D eigenvalue weighted by atomic mass is 16.7. The van der Waals surface area contributed by atoms with Crippen LogP contribution < -0.4 is 5.32 Å². The molecule has 0 bridgehead atoms. The number of carbonyl (C=O) groups excluding carboxylic acids is 1. The number of allylic oxidation sites excluding steroid dienone is 23. The quantitative estimate of drug-likeness (QED) is 0.0262. The molecule has 0 spiro atoms. The molecule has 9 heteroatoms. The summed E-state index contributed by atoms with van der Waals surface area (Å²) in [5, 5.41) is 54.2. The Kier molecular flexibility index (Phi) is 42.7. The van der Waals surface area contributed by atoms with Crippen LogP contribution in [-0.4, -0.2) is 87.5 Å². The Hall–Kier alpha value is -3.93. The molecule has 7 unspecified atom stereocenters. The summed E-state index contributed by atoms with van der Waals surface area (Å²) < 4.78 is 11.2. The number of carbonyl (C=O) groups is 1. The molecule has 0 aromatic rings. The van der Waals surface area contributed by atoms with E-state index in [1.807, 2.05) is 6.08 Å². The zero-order valence-corrected chi connectivity index (χ0v) is 42.0. The monoisotopic (exact) mass is 944 g/mol. The van der Waals surface area contributed by atoms with E-state index in [1.165, 1.54) is 25.7 Å². The highest BCUT2D eigenvalue weighted by Crippen LogP contribution is 2.22. The fourth-order valence-electron chi connectivity index (χ4n) is 7.00. The first-order chi connectivity index (χ1) is 33.3. The van der Waals surface area contributed by atoms with Crippen molar-refractivity contribution in [2.45, 2.75) is 204 Å². The molecule has 9 nitrogen and oxygen atoms in total. The van der Waals surface area contributed by atoms with Crippen LogP contribution in [0.2, 0.25) is 0 Å². The topological polar surface area (TPSA) is 149 Å². The van der Waals surface area contributed by atoms with Crippen LogP contribution in [0.15, 0.2) is 146 Å². The van der Waals surface area contributed by atoms with Crippen LogP contribution in [0, 0.1) is 0 Å². The number of ether oxygens (including phenoxy) is 2. The largest absolute Gasteiger partial charge is 0.394 e. The lowest BCUT2D eigenvalue weighted by molar-refractivity contribution is -0.302. The number of aliphatic hydroxyl groups is 5. The highest BCUT2D eigenvalue weighted by molar-refractivity contribution is 5.76. The van der Waals surface area contributed by atoms with Gasteiger partial charge in [0, 0.05) is 6.42 Å². The molecule has 68 heavy (non-hydrogen) atoms. The molecule has 1 rings (SSSR count). The summed E-state index contributed by atoms with van der Waals surface area (Å²) in [6, 6.07) is -0.857. The van der Waals surface area contributed by atoms with Gasteiger partial charge < -0.3 is 40.3 Å². The molecule has 1 heterocycles. The fourth-order valence-corrected chi connectivity index (χ4v) is 7.00. The van der Waals surface area contributed by atoms with E-state index in [-0.39, 0.29) is 18.9 Å². The lowest BCUT2D eigenvalue weighted by Gasteiger charge is -2.40. The van der Waals surface area contributed by atoms with Gasteiger partial charge >= 0.3 is 0 Å². The normalized spacial score (nSPS) is 20.8. The highest BCUT2D eigenvalue weighted by Gasteiger charge is 2.44. The molecule has 0 aromatic carbocycles. The lowest BCUT2D eigenvalue weighted by Crippen LogP contribution is -2.60. The standard InChI is InChI=1S/C59H93NO8/c1-3-5-7-9-11-13-15-17-19-20-21-22-23-24-25-26-27-28-29-30-31-32-33-34-35-37-39-41-43-45-47-49-55(63)60-52(51-67-59-58(66)57(65)56(64)54(50-61)68-59)53(62)48-46-44-42-40-38-36-18-16-14-12-10-8-6-4-2/h5,7,11,13-14,16-17,19,21-22,24-25,27-28,30-31,33-34,37-40,46,48,52-54,56-59,61-62,64-66H,3-4,6,8-10,12,15,18,20,23,26,29,32,35-36,41-45,47,49-51H2,1-2H3,(H,60,63)/b7-5-,13-11-,16-14+,19-17-,22-21-,25-24-,28-27-,31-30-,34-33-,39-37-,40-38+,48-46+. The number of hydrogen-bond donors (Lipinski definition) is 6. The summed E-state index contributed by atoms with van der Waals surface area (Å²) in [5.74, 6) is -0.232. The third-order valence-corrected chi connectivity index (χ3v) is 11.1. The zero-order valence-electron chi connectivity index (χ0n) is 42.0. The summed E-state index contributed by atoms with van der Waals surface area (Å²) >= 11 is 0. The van der Waals surface area contributed by atoms with Crippen LogP contribution in [0.5, 0.6) is 0 Å². The van der Waals surface area contributed by atoms with Gasteiger partial charge in [-0.05, 0) is 116 Å². The van der Waals surface area contributed by atoms with Crippen molar-refractivity contribution < 1.29 is 39.8 Å². The number of rotatable bonds is 41. The molecule has 382 valence electrons. The average Bonchev–Trinajstić information content (AvgIpc) is 3.34. The molecule has 0 aromatic heterocycles. The van der Waals surface area contributed by atoms with Gasteiger partial charge in [-0.2, -0.15) is 0 Å². The van der Waals surface area contributed by atoms with Gasteiger partial charge in [-0.15, -0.1) is 0 Å². The van der Waals surface area contributed by atoms with Gasteiger partial charge in [-0.1, -0.05) is 185 Å². The molecule has 1 amide bonds. The van der Waals surface area contributed by atoms with Crippen molar-refractivity contribution in [2.75, 3.05) is 13.2 Å². The van der Waals surface area contributed by atoms with Crippen LogP contribution in [0.3, 0.4) is 0 Å². The van der Waals surface area contributed by atoms with Gasteiger partial charge in [0.25, 0.3) is 0 Å². The Labute approximate surface area is 413 Å². The maximum absolute atomic E-state index is 13.0. The predicted molar refractivity (Wildman–Crippen MR) is 285 cm³/mol. The summed E-state index contributed by atoms with van der Waals surface area (Å²) in [6.45, 7) is 3.56. The van der Waals surface area contributed by atoms with E-state index in [0.29, 0.717) is 12.8 Å². The SMILES string of the molecule is CC/C=C\C/C=C\C/C=C\C/C=C\C/C=C\C/C=C\C/C=C\C/C=C\C/C=C\CCCCCC(=O)NC(COC1OC(CO)C(O)C(O)C1O)C(O)/C=C/CC/C=C/CC/C=C/CCCCCC. The maximum Gasteiger partial charge on any atom is 0.220 e. The van der Waals surface area contributed by atoms with Crippen molar-refractivity contribution in [1.29, 1.82) is 0 Å². The summed E-state index contributed by atoms with van der Waals surface area (Å²) in [4.78, 5) is 13.0. The fraction of sp³-hybridized carbons (Fsp3) is 0.576. The van der Waals surface area contributed by atoms with E-state index < -0.39 is 49.5 Å². The third kappa shape index (κ3) is 36.1. The molecule has 0 saturated carbocycles. The second kappa shape index (κ2) is 46.8. The Morgan fingerprint density at radius 1 is 0.515 bits per heavy atom. The van der Waals surface area contributed by atoms with Crippen LogP contribution in [-0.2, 0) is 14.3 Å². The van der Waals surface area contributed by atoms with E-state index in [2.05, 4.69) is 153 Å². The van der Waals surface area contributed by atoms with Gasteiger partial charge in [0.05, 0.1) is 25.4 Å². The number of amides is 1. The first kappa shape index (κ1) is 62.1. The van der Waals surface area contributed by atoms with Crippen molar-refractivity contribution in [2.24, 2.45) is 0 Å². The van der Waals surface area contributed by atoms with Crippen molar-refractivity contribution in [1.82, 2.24) is 5.32 Å².